The fourth-order valence-electron chi connectivity index (χ4n) is 2.12. The van der Waals surface area contributed by atoms with Gasteiger partial charge in [-0.25, -0.2) is 0 Å². The van der Waals surface area contributed by atoms with Gasteiger partial charge in [0.2, 0.25) is 0 Å². The Bertz CT molecular complexity index is 234. The van der Waals surface area contributed by atoms with Gasteiger partial charge < -0.3 is 14.2 Å². The van der Waals surface area contributed by atoms with Crippen molar-refractivity contribution in [1.29, 1.82) is 5.26 Å². The number of nitrogens with zero attached hydrogens (tertiary/aromatic N) is 1. The van der Waals surface area contributed by atoms with E-state index in [2.05, 4.69) is 6.07 Å². The third-order valence-electron chi connectivity index (χ3n) is 3.26. The molecule has 0 amide bonds. The number of rotatable bonds is 11. The molecule has 19 heavy (non-hydrogen) atoms. The summed E-state index contributed by atoms with van der Waals surface area (Å²) in [7, 11) is 0. The lowest BCUT2D eigenvalue weighted by molar-refractivity contribution is -0.00826. The monoisotopic (exact) mass is 269 g/mol. The fraction of sp³-hybridized carbons (Fsp3) is 0.933. The molecule has 1 unspecified atom stereocenters. The Morgan fingerprint density at radius 3 is 2.42 bits per heavy atom. The third-order valence-corrected chi connectivity index (χ3v) is 3.26. The maximum atomic E-state index is 8.35. The van der Waals surface area contributed by atoms with E-state index in [9.17, 15) is 0 Å². The summed E-state index contributed by atoms with van der Waals surface area (Å²) < 4.78 is 16.7. The number of unbranched alkanes of at least 4 members (excludes halogenated alkanes) is 2. The molecule has 0 spiro atoms. The van der Waals surface area contributed by atoms with E-state index >= 15 is 0 Å². The van der Waals surface area contributed by atoms with Crippen LogP contribution in [0.15, 0.2) is 0 Å². The van der Waals surface area contributed by atoms with Gasteiger partial charge in [-0.1, -0.05) is 0 Å². The summed E-state index contributed by atoms with van der Waals surface area (Å²) in [6.45, 7) is 4.03. The van der Waals surface area contributed by atoms with Gasteiger partial charge in [-0.3, -0.25) is 0 Å². The largest absolute Gasteiger partial charge is 0.381 e. The second-order valence-corrected chi connectivity index (χ2v) is 4.97. The highest BCUT2D eigenvalue weighted by Gasteiger charge is 2.12. The van der Waals surface area contributed by atoms with Crippen LogP contribution < -0.4 is 0 Å². The highest BCUT2D eigenvalue weighted by molar-refractivity contribution is 4.67. The van der Waals surface area contributed by atoms with Crippen LogP contribution in [-0.2, 0) is 14.2 Å². The fourth-order valence-corrected chi connectivity index (χ4v) is 2.12. The van der Waals surface area contributed by atoms with Crippen molar-refractivity contribution < 1.29 is 14.2 Å². The molecule has 1 heterocycles. The van der Waals surface area contributed by atoms with Crippen LogP contribution in [0.5, 0.6) is 0 Å². The zero-order valence-electron chi connectivity index (χ0n) is 11.9. The minimum Gasteiger partial charge on any atom is -0.381 e. The standard InChI is InChI=1S/C15H27NO3/c16-9-2-4-10-17-11-5-6-12-18-14-8-15-7-1-3-13-19-15/h15H,1-8,10-14H2. The molecule has 110 valence electrons. The molecule has 1 aliphatic rings. The van der Waals surface area contributed by atoms with Gasteiger partial charge in [0.25, 0.3) is 0 Å². The van der Waals surface area contributed by atoms with E-state index in [-0.39, 0.29) is 0 Å². The van der Waals surface area contributed by atoms with Crippen LogP contribution >= 0.6 is 0 Å². The number of hydrogen-bond acceptors (Lipinski definition) is 4. The highest BCUT2D eigenvalue weighted by atomic mass is 16.5. The predicted octanol–water partition coefficient (Wildman–Crippen LogP) is 3.06. The van der Waals surface area contributed by atoms with E-state index in [4.69, 9.17) is 19.5 Å². The third kappa shape index (κ3) is 9.89. The van der Waals surface area contributed by atoms with Gasteiger partial charge >= 0.3 is 0 Å². The van der Waals surface area contributed by atoms with Crippen LogP contribution in [0.2, 0.25) is 0 Å². The SMILES string of the molecule is N#CCCCOCCCCOCCC1CCCCO1. The van der Waals surface area contributed by atoms with Crippen molar-refractivity contribution in [2.75, 3.05) is 33.0 Å². The Morgan fingerprint density at radius 2 is 1.74 bits per heavy atom. The van der Waals surface area contributed by atoms with Gasteiger partial charge in [0.05, 0.1) is 12.2 Å². The zero-order valence-corrected chi connectivity index (χ0v) is 11.9. The highest BCUT2D eigenvalue weighted by Crippen LogP contribution is 2.15. The molecule has 1 rings (SSSR count). The summed E-state index contributed by atoms with van der Waals surface area (Å²) in [6.07, 6.45) is 8.68. The van der Waals surface area contributed by atoms with E-state index in [1.54, 1.807) is 0 Å². The Hall–Kier alpha value is -0.630. The topological polar surface area (TPSA) is 51.5 Å². The molecule has 0 aromatic rings. The first kappa shape index (κ1) is 16.4. The molecule has 0 aromatic heterocycles. The normalized spacial score (nSPS) is 19.2. The smallest absolute Gasteiger partial charge is 0.0622 e. The molecule has 0 aromatic carbocycles. The van der Waals surface area contributed by atoms with Gasteiger partial charge in [-0.2, -0.15) is 5.26 Å². The van der Waals surface area contributed by atoms with Crippen LogP contribution in [0.25, 0.3) is 0 Å². The minimum atomic E-state index is 0.428. The average Bonchev–Trinajstić information content (AvgIpc) is 2.46. The summed E-state index contributed by atoms with van der Waals surface area (Å²) in [6, 6.07) is 2.11. The van der Waals surface area contributed by atoms with Gasteiger partial charge in [-0.15, -0.1) is 0 Å². The molecule has 1 atom stereocenters. The van der Waals surface area contributed by atoms with E-state index < -0.39 is 0 Å². The van der Waals surface area contributed by atoms with Crippen LogP contribution in [-0.4, -0.2) is 39.1 Å². The van der Waals surface area contributed by atoms with Gasteiger partial charge in [0.1, 0.15) is 0 Å². The van der Waals surface area contributed by atoms with Gasteiger partial charge in [-0.05, 0) is 44.9 Å². The summed E-state index contributed by atoms with van der Waals surface area (Å²) in [4.78, 5) is 0. The molecule has 0 aliphatic carbocycles. The van der Waals surface area contributed by atoms with Crippen molar-refractivity contribution in [3.63, 3.8) is 0 Å². The van der Waals surface area contributed by atoms with E-state index in [1.165, 1.54) is 19.3 Å². The van der Waals surface area contributed by atoms with Crippen LogP contribution in [0.3, 0.4) is 0 Å². The van der Waals surface area contributed by atoms with Crippen LogP contribution in [0.4, 0.5) is 0 Å². The number of ether oxygens (including phenoxy) is 3. The van der Waals surface area contributed by atoms with E-state index in [1.807, 2.05) is 0 Å². The molecule has 0 bridgehead atoms. The Morgan fingerprint density at radius 1 is 1.00 bits per heavy atom. The van der Waals surface area contributed by atoms with Crippen molar-refractivity contribution in [2.24, 2.45) is 0 Å². The summed E-state index contributed by atoms with van der Waals surface area (Å²) in [5.74, 6) is 0. The first-order chi connectivity index (χ1) is 9.43. The first-order valence-corrected chi connectivity index (χ1v) is 7.57. The molecule has 0 N–H and O–H groups in total. The van der Waals surface area contributed by atoms with Gasteiger partial charge in [0, 0.05) is 39.5 Å². The Labute approximate surface area is 117 Å². The molecule has 0 radical (unpaired) electrons. The lowest BCUT2D eigenvalue weighted by Crippen LogP contribution is -2.20. The minimum absolute atomic E-state index is 0.428. The maximum Gasteiger partial charge on any atom is 0.0622 e. The molecular formula is C15H27NO3. The first-order valence-electron chi connectivity index (χ1n) is 7.57. The van der Waals surface area contributed by atoms with Gasteiger partial charge in [0.15, 0.2) is 0 Å². The molecule has 1 fully saturated rings. The maximum absolute atomic E-state index is 8.35. The van der Waals surface area contributed by atoms with Crippen LogP contribution in [0, 0.1) is 11.3 Å². The summed E-state index contributed by atoms with van der Waals surface area (Å²) in [5, 5.41) is 8.35. The molecule has 4 nitrogen and oxygen atoms in total. The number of hydrogen-bond donors (Lipinski definition) is 0. The van der Waals surface area contributed by atoms with Crippen molar-refractivity contribution in [3.8, 4) is 6.07 Å². The van der Waals surface area contributed by atoms with Crippen molar-refractivity contribution in [2.45, 2.75) is 57.5 Å². The van der Waals surface area contributed by atoms with Crippen molar-refractivity contribution in [1.82, 2.24) is 0 Å². The summed E-state index contributed by atoms with van der Waals surface area (Å²) in [5.41, 5.74) is 0. The average molecular weight is 269 g/mol. The second-order valence-electron chi connectivity index (χ2n) is 4.97. The Balaban J connectivity index is 1.72. The molecule has 4 heteroatoms. The molecule has 0 saturated carbocycles. The number of nitriles is 1. The molecule has 1 saturated heterocycles. The molecular weight excluding hydrogens is 242 g/mol. The quantitative estimate of drug-likeness (QED) is 0.541. The summed E-state index contributed by atoms with van der Waals surface area (Å²) >= 11 is 0. The van der Waals surface area contributed by atoms with Crippen molar-refractivity contribution in [3.05, 3.63) is 0 Å². The van der Waals surface area contributed by atoms with Crippen molar-refractivity contribution >= 4 is 0 Å². The van der Waals surface area contributed by atoms with E-state index in [0.717, 1.165) is 52.1 Å². The lowest BCUT2D eigenvalue weighted by Gasteiger charge is -2.22. The molecule has 1 aliphatic heterocycles. The lowest BCUT2D eigenvalue weighted by atomic mass is 10.1. The van der Waals surface area contributed by atoms with E-state index in [0.29, 0.717) is 19.1 Å². The second kappa shape index (κ2) is 12.4. The zero-order chi connectivity index (χ0) is 13.6. The van der Waals surface area contributed by atoms with Crippen LogP contribution in [0.1, 0.15) is 51.4 Å². The Kier molecular flexibility index (Phi) is 10.7. The predicted molar refractivity (Wildman–Crippen MR) is 73.9 cm³/mol.